The minimum absolute atomic E-state index is 0.124. The summed E-state index contributed by atoms with van der Waals surface area (Å²) in [6.07, 6.45) is 1.66. The van der Waals surface area contributed by atoms with E-state index in [1.165, 1.54) is 28.8 Å². The molecule has 0 unspecified atom stereocenters. The van der Waals surface area contributed by atoms with Crippen molar-refractivity contribution in [2.45, 2.75) is 13.8 Å². The maximum Gasteiger partial charge on any atom is 0.273 e. The van der Waals surface area contributed by atoms with E-state index in [1.807, 2.05) is 13.0 Å². The van der Waals surface area contributed by atoms with Gasteiger partial charge in [0.25, 0.3) is 5.56 Å². The Kier molecular flexibility index (Phi) is 2.99. The molecule has 0 fully saturated rings. The summed E-state index contributed by atoms with van der Waals surface area (Å²) < 4.78 is 14.2. The van der Waals surface area contributed by atoms with Gasteiger partial charge in [-0.25, -0.2) is 4.39 Å². The van der Waals surface area contributed by atoms with Crippen LogP contribution >= 0.6 is 0 Å². The number of pyridine rings is 1. The van der Waals surface area contributed by atoms with E-state index in [9.17, 15) is 9.18 Å². The van der Waals surface area contributed by atoms with E-state index in [1.54, 1.807) is 13.1 Å². The summed E-state index contributed by atoms with van der Waals surface area (Å²) in [5, 5.41) is 9.02. The van der Waals surface area contributed by atoms with Crippen molar-refractivity contribution in [1.82, 2.24) is 4.57 Å². The van der Waals surface area contributed by atoms with E-state index in [0.29, 0.717) is 11.3 Å². The van der Waals surface area contributed by atoms with E-state index < -0.39 is 0 Å². The van der Waals surface area contributed by atoms with Gasteiger partial charge in [-0.3, -0.25) is 9.36 Å². The molecule has 0 aliphatic carbocycles. The fourth-order valence-corrected chi connectivity index (χ4v) is 1.75. The van der Waals surface area contributed by atoms with Gasteiger partial charge in [-0.1, -0.05) is 0 Å². The molecule has 90 valence electrons. The Labute approximate surface area is 104 Å². The molecule has 0 saturated carbocycles. The second-order valence-corrected chi connectivity index (χ2v) is 4.08. The molecule has 0 bridgehead atoms. The fraction of sp³-hybridized carbons (Fsp3) is 0.143. The fourth-order valence-electron chi connectivity index (χ4n) is 1.75. The lowest BCUT2D eigenvalue weighted by Gasteiger charge is -2.10. The first-order chi connectivity index (χ1) is 8.54. The first-order valence-electron chi connectivity index (χ1n) is 5.43. The topological polar surface area (TPSA) is 45.8 Å². The van der Waals surface area contributed by atoms with Crippen molar-refractivity contribution in [2.24, 2.45) is 0 Å². The first-order valence-corrected chi connectivity index (χ1v) is 5.43. The van der Waals surface area contributed by atoms with Gasteiger partial charge in [-0.15, -0.1) is 0 Å². The van der Waals surface area contributed by atoms with Crippen LogP contribution < -0.4 is 5.56 Å². The number of hydrogen-bond donors (Lipinski definition) is 0. The highest BCUT2D eigenvalue weighted by Crippen LogP contribution is 2.12. The largest absolute Gasteiger partial charge is 0.283 e. The third-order valence-corrected chi connectivity index (χ3v) is 2.94. The molecular weight excluding hydrogens is 231 g/mol. The maximum atomic E-state index is 12.9. The van der Waals surface area contributed by atoms with Gasteiger partial charge in [0.1, 0.15) is 17.4 Å². The Morgan fingerprint density at radius 3 is 2.39 bits per heavy atom. The normalized spacial score (nSPS) is 10.1. The summed E-state index contributed by atoms with van der Waals surface area (Å²) in [7, 11) is 0. The summed E-state index contributed by atoms with van der Waals surface area (Å²) in [5.74, 6) is -0.365. The van der Waals surface area contributed by atoms with Crippen LogP contribution in [0.2, 0.25) is 0 Å². The van der Waals surface area contributed by atoms with Crippen molar-refractivity contribution in [3.8, 4) is 11.8 Å². The molecule has 0 N–H and O–H groups in total. The van der Waals surface area contributed by atoms with Crippen LogP contribution in [0, 0.1) is 31.0 Å². The molecule has 0 saturated heterocycles. The van der Waals surface area contributed by atoms with Crippen molar-refractivity contribution in [3.63, 3.8) is 0 Å². The Balaban J connectivity index is 2.74. The number of benzene rings is 1. The molecule has 1 heterocycles. The molecule has 2 aromatic rings. The molecule has 0 aliphatic heterocycles. The van der Waals surface area contributed by atoms with Crippen LogP contribution in [0.25, 0.3) is 5.69 Å². The first kappa shape index (κ1) is 12.1. The van der Waals surface area contributed by atoms with Crippen molar-refractivity contribution in [2.75, 3.05) is 0 Å². The molecule has 2 rings (SSSR count). The minimum atomic E-state index is -0.382. The molecule has 18 heavy (non-hydrogen) atoms. The van der Waals surface area contributed by atoms with Gasteiger partial charge in [-0.05, 0) is 49.2 Å². The molecule has 1 aromatic heterocycles. The lowest BCUT2D eigenvalue weighted by Crippen LogP contribution is -2.22. The zero-order chi connectivity index (χ0) is 13.3. The molecule has 0 aliphatic rings. The predicted molar refractivity (Wildman–Crippen MR) is 66.2 cm³/mol. The van der Waals surface area contributed by atoms with E-state index in [4.69, 9.17) is 5.26 Å². The van der Waals surface area contributed by atoms with Gasteiger partial charge < -0.3 is 0 Å². The van der Waals surface area contributed by atoms with Crippen molar-refractivity contribution in [3.05, 3.63) is 63.3 Å². The van der Waals surface area contributed by atoms with Crippen molar-refractivity contribution in [1.29, 1.82) is 5.26 Å². The maximum absolute atomic E-state index is 12.9. The van der Waals surface area contributed by atoms with Gasteiger partial charge >= 0.3 is 0 Å². The number of halogens is 1. The standard InChI is InChI=1S/C14H11FN2O/c1-9-8-17(12-5-3-11(15)4-6-12)14(18)13(7-16)10(9)2/h3-6,8H,1-2H3. The zero-order valence-electron chi connectivity index (χ0n) is 10.1. The zero-order valence-corrected chi connectivity index (χ0v) is 10.1. The van der Waals surface area contributed by atoms with Crippen LogP contribution in [0.1, 0.15) is 16.7 Å². The lowest BCUT2D eigenvalue weighted by molar-refractivity contribution is 0.627. The highest BCUT2D eigenvalue weighted by atomic mass is 19.1. The van der Waals surface area contributed by atoms with Crippen LogP contribution in [0.5, 0.6) is 0 Å². The predicted octanol–water partition coefficient (Wildman–Crippen LogP) is 2.47. The summed E-state index contributed by atoms with van der Waals surface area (Å²) in [6.45, 7) is 3.57. The summed E-state index contributed by atoms with van der Waals surface area (Å²) in [5.41, 5.74) is 1.81. The third kappa shape index (κ3) is 1.91. The van der Waals surface area contributed by atoms with Gasteiger partial charge in [0.2, 0.25) is 0 Å². The highest BCUT2D eigenvalue weighted by Gasteiger charge is 2.10. The van der Waals surface area contributed by atoms with Gasteiger partial charge in [0, 0.05) is 11.9 Å². The lowest BCUT2D eigenvalue weighted by atomic mass is 10.1. The Bertz CT molecular complexity index is 693. The van der Waals surface area contributed by atoms with Crippen LogP contribution in [-0.4, -0.2) is 4.57 Å². The molecule has 0 atom stereocenters. The van der Waals surface area contributed by atoms with Crippen LogP contribution in [0.3, 0.4) is 0 Å². The van der Waals surface area contributed by atoms with Crippen molar-refractivity contribution >= 4 is 0 Å². The summed E-state index contributed by atoms with van der Waals surface area (Å²) in [6, 6.07) is 7.49. The number of nitriles is 1. The van der Waals surface area contributed by atoms with Crippen LogP contribution in [0.15, 0.2) is 35.3 Å². The number of nitrogens with zero attached hydrogens (tertiary/aromatic N) is 2. The smallest absolute Gasteiger partial charge is 0.273 e. The molecule has 0 amide bonds. The molecule has 4 heteroatoms. The SMILES string of the molecule is Cc1cn(-c2ccc(F)cc2)c(=O)c(C#N)c1C. The average Bonchev–Trinajstić information content (AvgIpc) is 2.36. The van der Waals surface area contributed by atoms with Gasteiger partial charge in [0.05, 0.1) is 0 Å². The molecule has 0 spiro atoms. The monoisotopic (exact) mass is 242 g/mol. The van der Waals surface area contributed by atoms with Crippen LogP contribution in [-0.2, 0) is 0 Å². The third-order valence-electron chi connectivity index (χ3n) is 2.94. The summed E-state index contributed by atoms with van der Waals surface area (Å²) >= 11 is 0. The second-order valence-electron chi connectivity index (χ2n) is 4.08. The molecule has 0 radical (unpaired) electrons. The van der Waals surface area contributed by atoms with Crippen LogP contribution in [0.4, 0.5) is 4.39 Å². The Hall–Kier alpha value is -2.41. The number of hydrogen-bond acceptors (Lipinski definition) is 2. The van der Waals surface area contributed by atoms with Gasteiger partial charge in [0.15, 0.2) is 0 Å². The molecule has 3 nitrogen and oxygen atoms in total. The number of aromatic nitrogens is 1. The number of aryl methyl sites for hydroxylation is 1. The summed E-state index contributed by atoms with van der Waals surface area (Å²) in [4.78, 5) is 12.1. The second kappa shape index (κ2) is 4.46. The molecular formula is C14H11FN2O. The number of rotatable bonds is 1. The average molecular weight is 242 g/mol. The Morgan fingerprint density at radius 1 is 1.22 bits per heavy atom. The van der Waals surface area contributed by atoms with Crippen molar-refractivity contribution < 1.29 is 4.39 Å². The van der Waals surface area contributed by atoms with E-state index >= 15 is 0 Å². The highest BCUT2D eigenvalue weighted by molar-refractivity contribution is 5.43. The van der Waals surface area contributed by atoms with E-state index in [-0.39, 0.29) is 16.9 Å². The van der Waals surface area contributed by atoms with E-state index in [2.05, 4.69) is 0 Å². The minimum Gasteiger partial charge on any atom is -0.283 e. The quantitative estimate of drug-likeness (QED) is 0.771. The van der Waals surface area contributed by atoms with E-state index in [0.717, 1.165) is 5.56 Å². The molecule has 1 aromatic carbocycles. The van der Waals surface area contributed by atoms with Gasteiger partial charge in [-0.2, -0.15) is 5.26 Å². The Morgan fingerprint density at radius 2 is 1.83 bits per heavy atom.